The highest BCUT2D eigenvalue weighted by molar-refractivity contribution is 7.07. The molecule has 1 fully saturated rings. The zero-order chi connectivity index (χ0) is 20.3. The molecule has 1 saturated heterocycles. The van der Waals surface area contributed by atoms with Crippen molar-refractivity contribution in [2.75, 3.05) is 13.1 Å². The van der Waals surface area contributed by atoms with Crippen LogP contribution in [0.3, 0.4) is 0 Å². The van der Waals surface area contributed by atoms with E-state index in [-0.39, 0.29) is 5.91 Å². The van der Waals surface area contributed by atoms with Crippen LogP contribution in [0.25, 0.3) is 22.4 Å². The average Bonchev–Trinajstić information content (AvgIpc) is 3.48. The number of benzene rings is 2. The van der Waals surface area contributed by atoms with Gasteiger partial charge < -0.3 is 13.9 Å². The number of hydrogen-bond donors (Lipinski definition) is 0. The van der Waals surface area contributed by atoms with Crippen LogP contribution in [0.1, 0.15) is 19.3 Å². The number of amides is 1. The van der Waals surface area contributed by atoms with E-state index in [4.69, 9.17) is 9.41 Å². The SMILES string of the molecule is O=C1CCCN1CCCn1c(-c2cc3ccccc3o2)csc1=Nc1ccccc1. The molecule has 5 rings (SSSR count). The quantitative estimate of drug-likeness (QED) is 0.433. The molecule has 3 heterocycles. The van der Waals surface area contributed by atoms with Gasteiger partial charge in [0.2, 0.25) is 5.91 Å². The number of para-hydroxylation sites is 2. The maximum absolute atomic E-state index is 12.0. The summed E-state index contributed by atoms with van der Waals surface area (Å²) in [5.41, 5.74) is 2.84. The van der Waals surface area contributed by atoms with Gasteiger partial charge in [-0.2, -0.15) is 0 Å². The lowest BCUT2D eigenvalue weighted by Gasteiger charge is -2.16. The van der Waals surface area contributed by atoms with Crippen LogP contribution in [0.5, 0.6) is 0 Å². The lowest BCUT2D eigenvalue weighted by molar-refractivity contribution is -0.127. The van der Waals surface area contributed by atoms with Crippen LogP contribution in [0.15, 0.2) is 75.5 Å². The van der Waals surface area contributed by atoms with Crippen molar-refractivity contribution in [2.24, 2.45) is 4.99 Å². The van der Waals surface area contributed by atoms with Crippen molar-refractivity contribution in [1.29, 1.82) is 0 Å². The Labute approximate surface area is 178 Å². The highest BCUT2D eigenvalue weighted by Crippen LogP contribution is 2.28. The first-order valence-corrected chi connectivity index (χ1v) is 11.2. The lowest BCUT2D eigenvalue weighted by atomic mass is 10.2. The van der Waals surface area contributed by atoms with Gasteiger partial charge in [-0.3, -0.25) is 4.79 Å². The summed E-state index contributed by atoms with van der Waals surface area (Å²) in [4.78, 5) is 19.7. The van der Waals surface area contributed by atoms with Gasteiger partial charge in [-0.25, -0.2) is 4.99 Å². The average molecular weight is 418 g/mol. The van der Waals surface area contributed by atoms with Crippen LogP contribution >= 0.6 is 11.3 Å². The summed E-state index contributed by atoms with van der Waals surface area (Å²) in [5.74, 6) is 1.12. The third kappa shape index (κ3) is 3.83. The molecule has 2 aromatic carbocycles. The van der Waals surface area contributed by atoms with E-state index in [0.717, 1.165) is 65.4 Å². The van der Waals surface area contributed by atoms with Gasteiger partial charge in [0, 0.05) is 36.8 Å². The van der Waals surface area contributed by atoms with Gasteiger partial charge in [0.05, 0.1) is 11.4 Å². The van der Waals surface area contributed by atoms with Crippen molar-refractivity contribution < 1.29 is 9.21 Å². The molecule has 0 atom stereocenters. The first kappa shape index (κ1) is 18.9. The van der Waals surface area contributed by atoms with Crippen LogP contribution in [-0.2, 0) is 11.3 Å². The van der Waals surface area contributed by atoms with Crippen molar-refractivity contribution in [3.63, 3.8) is 0 Å². The highest BCUT2D eigenvalue weighted by Gasteiger charge is 2.20. The standard InChI is InChI=1S/C24H23N3O2S/c28-23-12-6-13-26(23)14-7-15-27-20(22-16-18-8-4-5-11-21(18)29-22)17-30-24(27)25-19-9-2-1-3-10-19/h1-5,8-11,16-17H,6-7,12-15H2. The van der Waals surface area contributed by atoms with E-state index in [9.17, 15) is 4.79 Å². The van der Waals surface area contributed by atoms with Crippen LogP contribution < -0.4 is 4.80 Å². The summed E-state index contributed by atoms with van der Waals surface area (Å²) >= 11 is 1.61. The third-order valence-electron chi connectivity index (χ3n) is 5.44. The molecule has 152 valence electrons. The Morgan fingerprint density at radius 3 is 2.67 bits per heavy atom. The van der Waals surface area contributed by atoms with Crippen molar-refractivity contribution in [3.05, 3.63) is 70.8 Å². The predicted octanol–water partition coefficient (Wildman–Crippen LogP) is 5.21. The van der Waals surface area contributed by atoms with E-state index in [1.165, 1.54) is 0 Å². The number of furan rings is 1. The molecular weight excluding hydrogens is 394 g/mol. The molecule has 5 nitrogen and oxygen atoms in total. The van der Waals surface area contributed by atoms with Gasteiger partial charge in [-0.1, -0.05) is 36.4 Å². The van der Waals surface area contributed by atoms with Gasteiger partial charge in [0.15, 0.2) is 10.6 Å². The second-order valence-electron chi connectivity index (χ2n) is 7.49. The molecule has 4 aromatic rings. The highest BCUT2D eigenvalue weighted by atomic mass is 32.1. The van der Waals surface area contributed by atoms with E-state index in [1.807, 2.05) is 53.4 Å². The summed E-state index contributed by atoms with van der Waals surface area (Å²) in [7, 11) is 0. The van der Waals surface area contributed by atoms with E-state index < -0.39 is 0 Å². The van der Waals surface area contributed by atoms with Gasteiger partial charge in [0.25, 0.3) is 0 Å². The molecule has 30 heavy (non-hydrogen) atoms. The monoisotopic (exact) mass is 417 g/mol. The largest absolute Gasteiger partial charge is 0.454 e. The molecule has 1 amide bonds. The minimum Gasteiger partial charge on any atom is -0.454 e. The van der Waals surface area contributed by atoms with Gasteiger partial charge in [-0.15, -0.1) is 11.3 Å². The Hall–Kier alpha value is -3.12. The molecule has 0 N–H and O–H groups in total. The molecule has 0 radical (unpaired) electrons. The van der Waals surface area contributed by atoms with E-state index >= 15 is 0 Å². The predicted molar refractivity (Wildman–Crippen MR) is 120 cm³/mol. The molecular formula is C24H23N3O2S. The third-order valence-corrected chi connectivity index (χ3v) is 6.30. The molecule has 0 aliphatic carbocycles. The Bertz CT molecular complexity index is 1200. The molecule has 2 aromatic heterocycles. The maximum atomic E-state index is 12.0. The Balaban J connectivity index is 1.49. The normalized spacial score (nSPS) is 14.9. The Morgan fingerprint density at radius 1 is 1.03 bits per heavy atom. The molecule has 0 unspecified atom stereocenters. The van der Waals surface area contributed by atoms with Gasteiger partial charge in [0.1, 0.15) is 5.58 Å². The first-order valence-electron chi connectivity index (χ1n) is 10.3. The van der Waals surface area contributed by atoms with Crippen molar-refractivity contribution in [1.82, 2.24) is 9.47 Å². The molecule has 0 saturated carbocycles. The lowest BCUT2D eigenvalue weighted by Crippen LogP contribution is -2.27. The fourth-order valence-electron chi connectivity index (χ4n) is 3.91. The minimum absolute atomic E-state index is 0.275. The number of rotatable bonds is 6. The summed E-state index contributed by atoms with van der Waals surface area (Å²) in [6, 6.07) is 20.1. The molecule has 0 bridgehead atoms. The van der Waals surface area contributed by atoms with Crippen LogP contribution in [-0.4, -0.2) is 28.5 Å². The topological polar surface area (TPSA) is 50.7 Å². The number of carbonyl (C=O) groups excluding carboxylic acids is 1. The molecule has 0 spiro atoms. The second-order valence-corrected chi connectivity index (χ2v) is 8.33. The zero-order valence-electron chi connectivity index (χ0n) is 16.7. The van der Waals surface area contributed by atoms with E-state index in [2.05, 4.69) is 22.1 Å². The Morgan fingerprint density at radius 2 is 1.87 bits per heavy atom. The van der Waals surface area contributed by atoms with Crippen LogP contribution in [0.2, 0.25) is 0 Å². The van der Waals surface area contributed by atoms with Crippen molar-refractivity contribution in [3.8, 4) is 11.5 Å². The minimum atomic E-state index is 0.275. The van der Waals surface area contributed by atoms with E-state index in [0.29, 0.717) is 6.42 Å². The van der Waals surface area contributed by atoms with Gasteiger partial charge in [-0.05, 0) is 37.1 Å². The summed E-state index contributed by atoms with van der Waals surface area (Å²) in [5, 5.41) is 3.20. The molecule has 6 heteroatoms. The number of hydrogen-bond acceptors (Lipinski definition) is 4. The number of nitrogens with zero attached hydrogens (tertiary/aromatic N) is 3. The number of thiazole rings is 1. The summed E-state index contributed by atoms with van der Waals surface area (Å²) in [6.45, 7) is 2.45. The smallest absolute Gasteiger partial charge is 0.222 e. The van der Waals surface area contributed by atoms with Gasteiger partial charge >= 0.3 is 0 Å². The van der Waals surface area contributed by atoms with Crippen molar-refractivity contribution >= 4 is 33.9 Å². The Kier molecular flexibility index (Phi) is 5.24. The van der Waals surface area contributed by atoms with Crippen LogP contribution in [0.4, 0.5) is 5.69 Å². The fourth-order valence-corrected chi connectivity index (χ4v) is 4.85. The number of aromatic nitrogens is 1. The summed E-state index contributed by atoms with van der Waals surface area (Å²) < 4.78 is 8.35. The number of likely N-dealkylation sites (tertiary alicyclic amines) is 1. The molecule has 1 aliphatic heterocycles. The van der Waals surface area contributed by atoms with Crippen LogP contribution in [0, 0.1) is 0 Å². The second kappa shape index (κ2) is 8.32. The number of fused-ring (bicyclic) bond motifs is 1. The first-order chi connectivity index (χ1) is 14.8. The van der Waals surface area contributed by atoms with Crippen molar-refractivity contribution in [2.45, 2.75) is 25.8 Å². The van der Waals surface area contributed by atoms with E-state index in [1.54, 1.807) is 11.3 Å². The molecule has 1 aliphatic rings. The maximum Gasteiger partial charge on any atom is 0.222 e. The summed E-state index contributed by atoms with van der Waals surface area (Å²) in [6.07, 6.45) is 2.55. The fraction of sp³-hybridized carbons (Fsp3) is 0.250. The zero-order valence-corrected chi connectivity index (χ0v) is 17.5. The number of carbonyl (C=O) groups is 1.